The van der Waals surface area contributed by atoms with Crippen molar-refractivity contribution in [3.8, 4) is 11.8 Å². The molecule has 0 aromatic heterocycles. The minimum atomic E-state index is -4.52. The average molecular weight is 314 g/mol. The molecule has 1 saturated heterocycles. The van der Waals surface area contributed by atoms with Crippen molar-refractivity contribution in [3.05, 3.63) is 29.3 Å². The van der Waals surface area contributed by atoms with E-state index in [0.717, 1.165) is 18.2 Å². The van der Waals surface area contributed by atoms with Crippen LogP contribution in [0.1, 0.15) is 24.0 Å². The van der Waals surface area contributed by atoms with Crippen LogP contribution in [0, 0.1) is 11.3 Å². The molecule has 8 heteroatoms. The molecule has 0 radical (unpaired) electrons. The zero-order valence-electron chi connectivity index (χ0n) is 11.4. The Morgan fingerprint density at radius 3 is 2.50 bits per heavy atom. The lowest BCUT2D eigenvalue weighted by atomic mass is 10.1. The first-order valence-corrected chi connectivity index (χ1v) is 6.57. The fourth-order valence-corrected chi connectivity index (χ4v) is 2.24. The summed E-state index contributed by atoms with van der Waals surface area (Å²) in [5.74, 6) is 0.0873. The van der Waals surface area contributed by atoms with E-state index in [-0.39, 0.29) is 17.4 Å². The maximum absolute atomic E-state index is 12.6. The molecule has 1 N–H and O–H groups in total. The van der Waals surface area contributed by atoms with Crippen molar-refractivity contribution in [1.29, 1.82) is 5.26 Å². The number of amides is 1. The van der Waals surface area contributed by atoms with Gasteiger partial charge in [0.1, 0.15) is 17.9 Å². The molecule has 1 fully saturated rings. The molecule has 0 spiro atoms. The van der Waals surface area contributed by atoms with E-state index >= 15 is 0 Å². The fraction of sp³-hybridized carbons (Fsp3) is 0.429. The largest absolute Gasteiger partial charge is 0.489 e. The molecule has 1 aromatic carbocycles. The highest BCUT2D eigenvalue weighted by Crippen LogP contribution is 2.33. The van der Waals surface area contributed by atoms with Crippen LogP contribution in [-0.4, -0.2) is 35.3 Å². The third-order valence-electron chi connectivity index (χ3n) is 3.43. The second-order valence-electron chi connectivity index (χ2n) is 4.91. The van der Waals surface area contributed by atoms with Gasteiger partial charge in [0, 0.05) is 25.9 Å². The summed E-state index contributed by atoms with van der Waals surface area (Å²) in [6.07, 6.45) is -4.99. The Hall–Kier alpha value is -2.43. The quantitative estimate of drug-likeness (QED) is 0.910. The molecule has 1 aliphatic rings. The monoisotopic (exact) mass is 314 g/mol. The third kappa shape index (κ3) is 3.61. The molecule has 1 amide bonds. The van der Waals surface area contributed by atoms with E-state index in [1.165, 1.54) is 4.90 Å². The summed E-state index contributed by atoms with van der Waals surface area (Å²) in [6, 6.07) is 4.44. The Balaban J connectivity index is 2.08. The van der Waals surface area contributed by atoms with E-state index < -0.39 is 17.8 Å². The topological polar surface area (TPSA) is 73.6 Å². The van der Waals surface area contributed by atoms with Gasteiger partial charge < -0.3 is 14.7 Å². The molecular weight excluding hydrogens is 301 g/mol. The van der Waals surface area contributed by atoms with Crippen molar-refractivity contribution in [2.45, 2.75) is 25.1 Å². The van der Waals surface area contributed by atoms with Gasteiger partial charge >= 0.3 is 12.3 Å². The lowest BCUT2D eigenvalue weighted by Gasteiger charge is -2.30. The number of hydrogen-bond donors (Lipinski definition) is 1. The van der Waals surface area contributed by atoms with Gasteiger partial charge in [0.2, 0.25) is 0 Å². The van der Waals surface area contributed by atoms with E-state index in [2.05, 4.69) is 0 Å². The molecule has 0 atom stereocenters. The van der Waals surface area contributed by atoms with Crippen LogP contribution in [0.4, 0.5) is 18.0 Å². The molecule has 1 aliphatic heterocycles. The van der Waals surface area contributed by atoms with Crippen molar-refractivity contribution in [2.75, 3.05) is 13.1 Å². The molecule has 0 unspecified atom stereocenters. The number of alkyl halides is 3. The number of halogens is 3. The average Bonchev–Trinajstić information content (AvgIpc) is 2.47. The maximum atomic E-state index is 12.6. The van der Waals surface area contributed by atoms with Crippen molar-refractivity contribution in [2.24, 2.45) is 0 Å². The zero-order chi connectivity index (χ0) is 16.3. The Kier molecular flexibility index (Phi) is 4.45. The van der Waals surface area contributed by atoms with Gasteiger partial charge in [-0.05, 0) is 18.2 Å². The molecule has 5 nitrogen and oxygen atoms in total. The second-order valence-corrected chi connectivity index (χ2v) is 4.91. The number of likely N-dealkylation sites (tertiary alicyclic amines) is 1. The summed E-state index contributed by atoms with van der Waals surface area (Å²) in [7, 11) is 0. The van der Waals surface area contributed by atoms with Crippen LogP contribution in [-0.2, 0) is 6.18 Å². The molecular formula is C14H13F3N2O3. The molecule has 1 heterocycles. The van der Waals surface area contributed by atoms with E-state index in [1.807, 2.05) is 0 Å². The van der Waals surface area contributed by atoms with Gasteiger partial charge in [-0.25, -0.2) is 4.79 Å². The van der Waals surface area contributed by atoms with Gasteiger partial charge in [-0.3, -0.25) is 0 Å². The van der Waals surface area contributed by atoms with Crippen LogP contribution in [0.3, 0.4) is 0 Å². The predicted octanol–water partition coefficient (Wildman–Crippen LogP) is 3.10. The highest BCUT2D eigenvalue weighted by Gasteiger charge is 2.31. The van der Waals surface area contributed by atoms with Gasteiger partial charge in [-0.15, -0.1) is 0 Å². The van der Waals surface area contributed by atoms with Crippen LogP contribution in [0.5, 0.6) is 5.75 Å². The summed E-state index contributed by atoms with van der Waals surface area (Å²) in [4.78, 5) is 12.0. The predicted molar refractivity (Wildman–Crippen MR) is 69.4 cm³/mol. The van der Waals surface area contributed by atoms with Crippen molar-refractivity contribution in [1.82, 2.24) is 4.90 Å². The number of nitrogens with zero attached hydrogens (tertiary/aromatic N) is 2. The summed E-state index contributed by atoms with van der Waals surface area (Å²) in [5.41, 5.74) is -1.09. The summed E-state index contributed by atoms with van der Waals surface area (Å²) >= 11 is 0. The zero-order valence-corrected chi connectivity index (χ0v) is 11.4. The minimum Gasteiger partial charge on any atom is -0.489 e. The van der Waals surface area contributed by atoms with Gasteiger partial charge in [0.15, 0.2) is 0 Å². The summed E-state index contributed by atoms with van der Waals surface area (Å²) < 4.78 is 43.4. The molecule has 118 valence electrons. The van der Waals surface area contributed by atoms with Crippen molar-refractivity contribution >= 4 is 6.09 Å². The Morgan fingerprint density at radius 1 is 1.36 bits per heavy atom. The van der Waals surface area contributed by atoms with Crippen LogP contribution in [0.15, 0.2) is 18.2 Å². The molecule has 1 aromatic rings. The number of ether oxygens (including phenoxy) is 1. The molecule has 0 bridgehead atoms. The lowest BCUT2D eigenvalue weighted by molar-refractivity contribution is -0.137. The fourth-order valence-electron chi connectivity index (χ4n) is 2.24. The Bertz CT molecular complexity index is 602. The van der Waals surface area contributed by atoms with Crippen LogP contribution >= 0.6 is 0 Å². The highest BCUT2D eigenvalue weighted by atomic mass is 19.4. The molecule has 0 saturated carbocycles. The molecule has 2 rings (SSSR count). The smallest absolute Gasteiger partial charge is 0.416 e. The van der Waals surface area contributed by atoms with E-state index in [4.69, 9.17) is 15.1 Å². The first-order valence-electron chi connectivity index (χ1n) is 6.57. The lowest BCUT2D eigenvalue weighted by Crippen LogP contribution is -2.41. The Labute approximate surface area is 124 Å². The second kappa shape index (κ2) is 6.13. The van der Waals surface area contributed by atoms with E-state index in [1.54, 1.807) is 6.07 Å². The number of carbonyl (C=O) groups is 1. The van der Waals surface area contributed by atoms with Crippen LogP contribution < -0.4 is 4.74 Å². The summed E-state index contributed by atoms with van der Waals surface area (Å²) in [5, 5.41) is 17.8. The van der Waals surface area contributed by atoms with Gasteiger partial charge in [0.05, 0.1) is 11.1 Å². The summed E-state index contributed by atoms with van der Waals surface area (Å²) in [6.45, 7) is 0.588. The number of carboxylic acid groups (broad SMARTS) is 1. The third-order valence-corrected chi connectivity index (χ3v) is 3.43. The highest BCUT2D eigenvalue weighted by molar-refractivity contribution is 5.65. The SMILES string of the molecule is N#Cc1cc(C(F)(F)F)ccc1OC1CCN(C(=O)O)CC1. The number of hydrogen-bond acceptors (Lipinski definition) is 3. The molecule has 22 heavy (non-hydrogen) atoms. The van der Waals surface area contributed by atoms with E-state index in [0.29, 0.717) is 25.9 Å². The van der Waals surface area contributed by atoms with Crippen LogP contribution in [0.25, 0.3) is 0 Å². The molecule has 0 aliphatic carbocycles. The number of rotatable bonds is 2. The number of nitriles is 1. The first kappa shape index (κ1) is 15.9. The number of piperidine rings is 1. The van der Waals surface area contributed by atoms with Gasteiger partial charge in [-0.2, -0.15) is 18.4 Å². The number of benzene rings is 1. The van der Waals surface area contributed by atoms with Gasteiger partial charge in [-0.1, -0.05) is 0 Å². The standard InChI is InChI=1S/C14H13F3N2O3/c15-14(16,17)10-1-2-12(9(7-10)8-18)22-11-3-5-19(6-4-11)13(20)21/h1-2,7,11H,3-6H2,(H,20,21). The first-order chi connectivity index (χ1) is 10.3. The maximum Gasteiger partial charge on any atom is 0.416 e. The Morgan fingerprint density at radius 2 is 2.00 bits per heavy atom. The minimum absolute atomic E-state index is 0.0873. The van der Waals surface area contributed by atoms with Crippen LogP contribution in [0.2, 0.25) is 0 Å². The van der Waals surface area contributed by atoms with E-state index in [9.17, 15) is 18.0 Å². The van der Waals surface area contributed by atoms with Gasteiger partial charge in [0.25, 0.3) is 0 Å². The normalized spacial score (nSPS) is 16.2. The van der Waals surface area contributed by atoms with Crippen molar-refractivity contribution < 1.29 is 27.8 Å². The van der Waals surface area contributed by atoms with Crippen molar-refractivity contribution in [3.63, 3.8) is 0 Å².